The summed E-state index contributed by atoms with van der Waals surface area (Å²) in [5, 5.41) is 9.97. The van der Waals surface area contributed by atoms with E-state index < -0.39 is 36.3 Å². The molecule has 1 unspecified atom stereocenters. The molecule has 0 saturated carbocycles. The molecule has 1 saturated heterocycles. The first-order valence-corrected chi connectivity index (χ1v) is 10.7. The van der Waals surface area contributed by atoms with E-state index in [0.717, 1.165) is 0 Å². The van der Waals surface area contributed by atoms with Gasteiger partial charge < -0.3 is 25.4 Å². The third-order valence-electron chi connectivity index (χ3n) is 4.84. The maximum atomic E-state index is 12.8. The summed E-state index contributed by atoms with van der Waals surface area (Å²) in [6.07, 6.45) is 1.96. The molecule has 5 amide bonds. The lowest BCUT2D eigenvalue weighted by Crippen LogP contribution is -2.52. The summed E-state index contributed by atoms with van der Waals surface area (Å²) in [6, 6.07) is 3.41. The normalized spacial score (nSPS) is 15.1. The maximum Gasteiger partial charge on any atom is 0.257 e. The summed E-state index contributed by atoms with van der Waals surface area (Å²) in [7, 11) is 1.43. The van der Waals surface area contributed by atoms with Crippen molar-refractivity contribution in [2.45, 2.75) is 31.7 Å². The molecule has 1 aromatic carbocycles. The monoisotopic (exact) mass is 476 g/mol. The molecule has 12 nitrogen and oxygen atoms in total. The van der Waals surface area contributed by atoms with Crippen LogP contribution in [0, 0.1) is 0 Å². The molecule has 34 heavy (non-hydrogen) atoms. The molecule has 1 aliphatic heterocycles. The summed E-state index contributed by atoms with van der Waals surface area (Å²) in [6.45, 7) is 0.413. The minimum atomic E-state index is -0.930. The average Bonchev–Trinajstić information content (AvgIpc) is 2.81. The number of piperidine rings is 1. The van der Waals surface area contributed by atoms with Crippen molar-refractivity contribution in [2.75, 3.05) is 33.4 Å². The Balaban J connectivity index is 1.86. The van der Waals surface area contributed by atoms with E-state index in [1.807, 2.05) is 0 Å². The van der Waals surface area contributed by atoms with Crippen molar-refractivity contribution in [2.24, 2.45) is 0 Å². The van der Waals surface area contributed by atoms with Crippen LogP contribution in [0.15, 0.2) is 18.2 Å². The molecular weight excluding hydrogens is 448 g/mol. The molecule has 2 rings (SSSR count). The number of unbranched alkanes of at least 4 members (excludes halogenated alkanes) is 1. The van der Waals surface area contributed by atoms with Crippen molar-refractivity contribution in [3.63, 3.8) is 0 Å². The van der Waals surface area contributed by atoms with Gasteiger partial charge in [-0.1, -0.05) is 12.1 Å². The van der Waals surface area contributed by atoms with Gasteiger partial charge in [0.05, 0.1) is 5.56 Å². The first-order chi connectivity index (χ1) is 16.3. The first-order valence-electron chi connectivity index (χ1n) is 10.7. The third kappa shape index (κ3) is 8.28. The van der Waals surface area contributed by atoms with Crippen molar-refractivity contribution in [1.82, 2.24) is 21.3 Å². The van der Waals surface area contributed by atoms with Crippen LogP contribution in [0.25, 0.3) is 0 Å². The van der Waals surface area contributed by atoms with Gasteiger partial charge in [-0.2, -0.15) is 0 Å². The van der Waals surface area contributed by atoms with E-state index in [1.54, 1.807) is 0 Å². The maximum absolute atomic E-state index is 12.8. The molecule has 0 bridgehead atoms. The van der Waals surface area contributed by atoms with Crippen molar-refractivity contribution < 1.29 is 38.2 Å². The van der Waals surface area contributed by atoms with E-state index >= 15 is 0 Å². The molecule has 12 heteroatoms. The van der Waals surface area contributed by atoms with Crippen molar-refractivity contribution in [3.05, 3.63) is 29.3 Å². The Morgan fingerprint density at radius 2 is 1.76 bits per heavy atom. The van der Waals surface area contributed by atoms with E-state index in [2.05, 4.69) is 21.3 Å². The number of carbonyl (C=O) groups is 6. The highest BCUT2D eigenvalue weighted by Gasteiger charge is 2.29. The van der Waals surface area contributed by atoms with E-state index in [9.17, 15) is 28.8 Å². The quantitative estimate of drug-likeness (QED) is 0.161. The van der Waals surface area contributed by atoms with Crippen LogP contribution in [0.1, 0.15) is 46.4 Å². The molecule has 1 fully saturated rings. The van der Waals surface area contributed by atoms with E-state index in [1.165, 1.54) is 25.3 Å². The van der Waals surface area contributed by atoms with Gasteiger partial charge in [0.1, 0.15) is 18.4 Å². The van der Waals surface area contributed by atoms with Crippen LogP contribution in [-0.4, -0.2) is 75.3 Å². The summed E-state index contributed by atoms with van der Waals surface area (Å²) in [4.78, 5) is 70.8. The van der Waals surface area contributed by atoms with Gasteiger partial charge in [0.15, 0.2) is 12.9 Å². The molecule has 0 aliphatic carbocycles. The Morgan fingerprint density at radius 1 is 1.09 bits per heavy atom. The van der Waals surface area contributed by atoms with E-state index in [-0.39, 0.29) is 42.2 Å². The van der Waals surface area contributed by atoms with Gasteiger partial charge in [-0.3, -0.25) is 34.1 Å². The number of hydrogen-bond donors (Lipinski definition) is 4. The SMILES string of the molecule is COCC(=O)NCCCCNC(=O)COc1cccc(C=O)c1C(=O)NC1CCC(=O)NC1=O. The Kier molecular flexibility index (Phi) is 10.6. The summed E-state index contributed by atoms with van der Waals surface area (Å²) < 4.78 is 10.2. The van der Waals surface area contributed by atoms with Crippen LogP contribution < -0.4 is 26.0 Å². The number of aldehydes is 1. The van der Waals surface area contributed by atoms with Gasteiger partial charge in [-0.25, -0.2) is 0 Å². The zero-order valence-corrected chi connectivity index (χ0v) is 18.8. The lowest BCUT2D eigenvalue weighted by atomic mass is 10.0. The highest BCUT2D eigenvalue weighted by Crippen LogP contribution is 2.22. The summed E-state index contributed by atoms with van der Waals surface area (Å²) in [5.74, 6) is -2.43. The number of hydrogen-bond acceptors (Lipinski definition) is 8. The molecule has 0 aromatic heterocycles. The Labute approximate surface area is 196 Å². The number of carbonyl (C=O) groups excluding carboxylic acids is 6. The summed E-state index contributed by atoms with van der Waals surface area (Å²) >= 11 is 0. The van der Waals surface area contributed by atoms with E-state index in [4.69, 9.17) is 9.47 Å². The fraction of sp³-hybridized carbons (Fsp3) is 0.455. The highest BCUT2D eigenvalue weighted by molar-refractivity contribution is 6.07. The first kappa shape index (κ1) is 26.5. The zero-order chi connectivity index (χ0) is 24.9. The topological polar surface area (TPSA) is 169 Å². The Morgan fingerprint density at radius 3 is 2.38 bits per heavy atom. The number of nitrogens with one attached hydrogen (secondary N) is 4. The summed E-state index contributed by atoms with van der Waals surface area (Å²) in [5.41, 5.74) is -0.0833. The number of imide groups is 1. The second kappa shape index (κ2) is 13.7. The van der Waals surface area contributed by atoms with Crippen LogP contribution in [0.3, 0.4) is 0 Å². The number of rotatable bonds is 13. The van der Waals surface area contributed by atoms with Crippen LogP contribution in [0.4, 0.5) is 0 Å². The molecule has 1 atom stereocenters. The van der Waals surface area contributed by atoms with Crippen molar-refractivity contribution >= 4 is 35.8 Å². The molecule has 4 N–H and O–H groups in total. The predicted molar refractivity (Wildman–Crippen MR) is 118 cm³/mol. The lowest BCUT2D eigenvalue weighted by molar-refractivity contribution is -0.134. The van der Waals surface area contributed by atoms with E-state index in [0.29, 0.717) is 32.2 Å². The van der Waals surface area contributed by atoms with Gasteiger partial charge in [0, 0.05) is 32.2 Å². The Hall–Kier alpha value is -3.80. The second-order valence-corrected chi connectivity index (χ2v) is 7.44. The molecule has 0 radical (unpaired) electrons. The van der Waals surface area contributed by atoms with Crippen LogP contribution >= 0.6 is 0 Å². The fourth-order valence-electron chi connectivity index (χ4n) is 3.15. The smallest absolute Gasteiger partial charge is 0.257 e. The number of amides is 5. The third-order valence-corrected chi connectivity index (χ3v) is 4.84. The minimum Gasteiger partial charge on any atom is -0.483 e. The Bertz CT molecular complexity index is 933. The fourth-order valence-corrected chi connectivity index (χ4v) is 3.15. The van der Waals surface area contributed by atoms with Crippen LogP contribution in [0.5, 0.6) is 5.75 Å². The zero-order valence-electron chi connectivity index (χ0n) is 18.8. The molecule has 1 aliphatic rings. The molecular formula is C22H28N4O8. The van der Waals surface area contributed by atoms with Gasteiger partial charge in [0.25, 0.3) is 11.8 Å². The number of benzene rings is 1. The molecule has 1 heterocycles. The largest absolute Gasteiger partial charge is 0.483 e. The molecule has 0 spiro atoms. The molecule has 184 valence electrons. The van der Waals surface area contributed by atoms with Gasteiger partial charge in [-0.05, 0) is 25.3 Å². The predicted octanol–water partition coefficient (Wildman–Crippen LogP) is -0.928. The van der Waals surface area contributed by atoms with Gasteiger partial charge in [0.2, 0.25) is 17.7 Å². The van der Waals surface area contributed by atoms with Crippen LogP contribution in [-0.2, 0) is 23.9 Å². The molecule has 1 aromatic rings. The van der Waals surface area contributed by atoms with Crippen molar-refractivity contribution in [3.8, 4) is 5.75 Å². The number of methoxy groups -OCH3 is 1. The highest BCUT2D eigenvalue weighted by atomic mass is 16.5. The standard InChI is InChI=1S/C22H28N4O8/c1-33-12-18(29)23-9-2-3-10-24-19(30)13-34-16-6-4-5-14(11-27)20(16)22(32)25-15-7-8-17(28)26-21(15)31/h4-6,11,15H,2-3,7-10,12-13H2,1H3,(H,23,29)(H,24,30)(H,25,32)(H,26,28,31). The van der Waals surface area contributed by atoms with Gasteiger partial charge in [-0.15, -0.1) is 0 Å². The number of ether oxygens (including phenoxy) is 2. The van der Waals surface area contributed by atoms with Gasteiger partial charge >= 0.3 is 0 Å². The van der Waals surface area contributed by atoms with Crippen LogP contribution in [0.2, 0.25) is 0 Å². The van der Waals surface area contributed by atoms with Crippen molar-refractivity contribution in [1.29, 1.82) is 0 Å². The minimum absolute atomic E-state index is 0.00500. The second-order valence-electron chi connectivity index (χ2n) is 7.44. The lowest BCUT2D eigenvalue weighted by Gasteiger charge is -2.22. The average molecular weight is 476 g/mol.